The minimum Gasteiger partial charge on any atom is -0.426 e. The molecule has 0 atom stereocenters. The molecule has 1 aromatic rings. The Morgan fingerprint density at radius 1 is 1.31 bits per heavy atom. The Bertz CT molecular complexity index is 272. The molecule has 0 heterocycles. The fraction of sp³-hybridized carbons (Fsp3) is 0.222. The Morgan fingerprint density at radius 3 is 2.46 bits per heavy atom. The molecule has 0 amide bonds. The summed E-state index contributed by atoms with van der Waals surface area (Å²) >= 11 is 7.93. The number of benzene rings is 1. The van der Waals surface area contributed by atoms with Crippen LogP contribution >= 0.6 is 25.3 Å². The van der Waals surface area contributed by atoms with Crippen molar-refractivity contribution in [3.8, 4) is 5.75 Å². The van der Waals surface area contributed by atoms with Gasteiger partial charge in [-0.1, -0.05) is 18.2 Å². The van der Waals surface area contributed by atoms with E-state index in [0.29, 0.717) is 5.75 Å². The molecule has 0 aliphatic carbocycles. The standard InChI is InChI=1S/C9H10O2S2/c10-8(6-9(12)13)11-7-4-2-1-3-5-7/h1-5,9,12-13H,6H2. The van der Waals surface area contributed by atoms with Gasteiger partial charge in [0, 0.05) is 0 Å². The highest BCUT2D eigenvalue weighted by atomic mass is 32.2. The van der Waals surface area contributed by atoms with Crippen molar-refractivity contribution in [3.63, 3.8) is 0 Å². The van der Waals surface area contributed by atoms with Gasteiger partial charge in [0.1, 0.15) is 5.75 Å². The maximum Gasteiger partial charge on any atom is 0.313 e. The van der Waals surface area contributed by atoms with Gasteiger partial charge in [-0.25, -0.2) is 0 Å². The predicted molar refractivity (Wildman–Crippen MR) is 58.5 cm³/mol. The van der Waals surface area contributed by atoms with Crippen LogP contribution in [0.5, 0.6) is 5.75 Å². The molecule has 1 aromatic carbocycles. The molecule has 2 nitrogen and oxygen atoms in total. The zero-order chi connectivity index (χ0) is 9.68. The Labute approximate surface area is 88.1 Å². The summed E-state index contributed by atoms with van der Waals surface area (Å²) in [6.45, 7) is 0. The van der Waals surface area contributed by atoms with E-state index in [4.69, 9.17) is 4.74 Å². The molecule has 0 spiro atoms. The average Bonchev–Trinajstić information content (AvgIpc) is 2.04. The van der Waals surface area contributed by atoms with Gasteiger partial charge in [-0.15, -0.1) is 0 Å². The van der Waals surface area contributed by atoms with Gasteiger partial charge in [-0.2, -0.15) is 25.3 Å². The van der Waals surface area contributed by atoms with Crippen molar-refractivity contribution in [2.75, 3.05) is 0 Å². The summed E-state index contributed by atoms with van der Waals surface area (Å²) in [6.07, 6.45) is 0.196. The minimum atomic E-state index is -0.318. The molecule has 0 saturated heterocycles. The lowest BCUT2D eigenvalue weighted by Gasteiger charge is -2.04. The van der Waals surface area contributed by atoms with Crippen LogP contribution in [-0.4, -0.2) is 10.6 Å². The highest BCUT2D eigenvalue weighted by Gasteiger charge is 2.07. The monoisotopic (exact) mass is 214 g/mol. The lowest BCUT2D eigenvalue weighted by molar-refractivity contribution is -0.134. The number of carbonyl (C=O) groups excluding carboxylic acids is 1. The molecule has 70 valence electrons. The number of carbonyl (C=O) groups is 1. The van der Waals surface area contributed by atoms with E-state index in [2.05, 4.69) is 25.3 Å². The van der Waals surface area contributed by atoms with Gasteiger partial charge in [0.2, 0.25) is 0 Å². The molecular weight excluding hydrogens is 204 g/mol. The largest absolute Gasteiger partial charge is 0.426 e. The van der Waals surface area contributed by atoms with Crippen molar-refractivity contribution in [2.45, 2.75) is 11.0 Å². The molecule has 13 heavy (non-hydrogen) atoms. The quantitative estimate of drug-likeness (QED) is 0.349. The Balaban J connectivity index is 2.46. The van der Waals surface area contributed by atoms with Crippen molar-refractivity contribution < 1.29 is 9.53 Å². The second-order valence-electron chi connectivity index (χ2n) is 2.47. The maximum atomic E-state index is 11.1. The fourth-order valence-electron chi connectivity index (χ4n) is 0.811. The molecule has 0 unspecified atom stereocenters. The maximum absolute atomic E-state index is 11.1. The highest BCUT2D eigenvalue weighted by molar-refractivity contribution is 7.99. The van der Waals surface area contributed by atoms with Crippen LogP contribution in [-0.2, 0) is 4.79 Å². The Hall–Kier alpha value is -0.610. The van der Waals surface area contributed by atoms with Crippen molar-refractivity contribution in [3.05, 3.63) is 30.3 Å². The van der Waals surface area contributed by atoms with Crippen LogP contribution in [0.1, 0.15) is 6.42 Å². The molecule has 0 saturated carbocycles. The normalized spacial score (nSPS) is 10.1. The number of rotatable bonds is 3. The zero-order valence-corrected chi connectivity index (χ0v) is 8.67. The summed E-state index contributed by atoms with van der Waals surface area (Å²) in [4.78, 5) is 11.1. The van der Waals surface area contributed by atoms with Gasteiger partial charge in [-0.3, -0.25) is 4.79 Å². The van der Waals surface area contributed by atoms with Crippen molar-refractivity contribution in [2.24, 2.45) is 0 Å². The summed E-state index contributed by atoms with van der Waals surface area (Å²) in [5.41, 5.74) is 0. The molecule has 0 fully saturated rings. The van der Waals surface area contributed by atoms with Crippen molar-refractivity contribution in [1.29, 1.82) is 0 Å². The second-order valence-corrected chi connectivity index (χ2v) is 4.13. The third-order valence-electron chi connectivity index (χ3n) is 1.32. The third kappa shape index (κ3) is 4.24. The van der Waals surface area contributed by atoms with Gasteiger partial charge >= 0.3 is 5.97 Å². The number of thiol groups is 2. The highest BCUT2D eigenvalue weighted by Crippen LogP contribution is 2.12. The van der Waals surface area contributed by atoms with E-state index in [-0.39, 0.29) is 17.0 Å². The second kappa shape index (κ2) is 5.19. The first-order valence-electron chi connectivity index (χ1n) is 3.80. The minimum absolute atomic E-state index is 0.196. The molecule has 0 aliphatic heterocycles. The summed E-state index contributed by atoms with van der Waals surface area (Å²) in [5.74, 6) is 0.232. The van der Waals surface area contributed by atoms with E-state index < -0.39 is 0 Å². The number of para-hydroxylation sites is 1. The smallest absolute Gasteiger partial charge is 0.313 e. The van der Waals surface area contributed by atoms with Gasteiger partial charge in [0.25, 0.3) is 0 Å². The van der Waals surface area contributed by atoms with Crippen molar-refractivity contribution in [1.82, 2.24) is 0 Å². The number of hydrogen-bond acceptors (Lipinski definition) is 4. The van der Waals surface area contributed by atoms with Crippen LogP contribution in [0.4, 0.5) is 0 Å². The molecule has 0 aliphatic rings. The third-order valence-corrected chi connectivity index (χ3v) is 1.69. The van der Waals surface area contributed by atoms with E-state index in [1.165, 1.54) is 0 Å². The van der Waals surface area contributed by atoms with E-state index in [9.17, 15) is 4.79 Å². The summed E-state index contributed by atoms with van der Waals surface area (Å²) in [5, 5.41) is 0. The first kappa shape index (κ1) is 10.5. The number of esters is 1. The first-order chi connectivity index (χ1) is 6.18. The molecule has 1 rings (SSSR count). The van der Waals surface area contributed by atoms with Gasteiger partial charge < -0.3 is 4.74 Å². The topological polar surface area (TPSA) is 26.3 Å². The Kier molecular flexibility index (Phi) is 4.18. The van der Waals surface area contributed by atoms with Gasteiger partial charge in [-0.05, 0) is 12.1 Å². The van der Waals surface area contributed by atoms with E-state index in [1.54, 1.807) is 12.1 Å². The number of hydrogen-bond donors (Lipinski definition) is 2. The van der Waals surface area contributed by atoms with Gasteiger partial charge in [0.05, 0.1) is 11.0 Å². The van der Waals surface area contributed by atoms with Crippen LogP contribution in [0.2, 0.25) is 0 Å². The SMILES string of the molecule is O=C(CC(S)S)Oc1ccccc1. The molecular formula is C9H10O2S2. The molecule has 0 N–H and O–H groups in total. The molecule has 0 bridgehead atoms. The molecule has 0 radical (unpaired) electrons. The average molecular weight is 214 g/mol. The van der Waals surface area contributed by atoms with Crippen LogP contribution in [0.25, 0.3) is 0 Å². The molecule has 4 heteroatoms. The summed E-state index contributed by atoms with van der Waals surface area (Å²) in [6, 6.07) is 8.92. The van der Waals surface area contributed by atoms with Gasteiger partial charge in [0.15, 0.2) is 0 Å². The van der Waals surface area contributed by atoms with Crippen LogP contribution in [0, 0.1) is 0 Å². The van der Waals surface area contributed by atoms with Crippen LogP contribution in [0.15, 0.2) is 30.3 Å². The van der Waals surface area contributed by atoms with E-state index >= 15 is 0 Å². The van der Waals surface area contributed by atoms with Crippen LogP contribution < -0.4 is 4.74 Å². The first-order valence-corrected chi connectivity index (χ1v) is 4.83. The lowest BCUT2D eigenvalue weighted by atomic mass is 10.3. The fourth-order valence-corrected chi connectivity index (χ4v) is 1.11. The lowest BCUT2D eigenvalue weighted by Crippen LogP contribution is -2.10. The molecule has 0 aromatic heterocycles. The number of ether oxygens (including phenoxy) is 1. The van der Waals surface area contributed by atoms with E-state index in [1.807, 2.05) is 18.2 Å². The van der Waals surface area contributed by atoms with E-state index in [0.717, 1.165) is 0 Å². The van der Waals surface area contributed by atoms with Crippen molar-refractivity contribution >= 4 is 31.2 Å². The summed E-state index contributed by atoms with van der Waals surface area (Å²) < 4.78 is 4.72. The summed E-state index contributed by atoms with van der Waals surface area (Å²) in [7, 11) is 0. The predicted octanol–water partition coefficient (Wildman–Crippen LogP) is 2.17. The zero-order valence-electron chi connectivity index (χ0n) is 6.88. The Morgan fingerprint density at radius 2 is 1.92 bits per heavy atom. The van der Waals surface area contributed by atoms with Crippen LogP contribution in [0.3, 0.4) is 0 Å².